The number of pyridine rings is 1. The molecule has 3 aromatic rings. The van der Waals surface area contributed by atoms with Crippen LogP contribution in [0, 0.1) is 5.82 Å². The molecule has 0 fully saturated rings. The van der Waals surface area contributed by atoms with E-state index >= 15 is 0 Å². The summed E-state index contributed by atoms with van der Waals surface area (Å²) in [5.74, 6) is -1.04. The molecule has 2 heterocycles. The lowest BCUT2D eigenvalue weighted by Gasteiger charge is -2.28. The molecule has 2 aromatic carbocycles. The van der Waals surface area contributed by atoms with Gasteiger partial charge in [0.05, 0.1) is 0 Å². The Hall–Kier alpha value is -3.54. The predicted octanol–water partition coefficient (Wildman–Crippen LogP) is 3.35. The molecular weight excluding hydrogens is 369 g/mol. The second kappa shape index (κ2) is 8.22. The molecule has 0 saturated carbocycles. The molecule has 0 spiro atoms. The Morgan fingerprint density at radius 1 is 0.931 bits per heavy atom. The highest BCUT2D eigenvalue weighted by Gasteiger charge is 2.23. The Labute approximate surface area is 168 Å². The summed E-state index contributed by atoms with van der Waals surface area (Å²) in [6.45, 7) is 1.19. The van der Waals surface area contributed by atoms with Crippen LogP contribution >= 0.6 is 0 Å². The Morgan fingerprint density at radius 3 is 2.48 bits per heavy atom. The smallest absolute Gasteiger partial charge is 0.272 e. The van der Waals surface area contributed by atoms with Gasteiger partial charge in [0.1, 0.15) is 17.2 Å². The number of amides is 2. The molecule has 0 unspecified atom stereocenters. The van der Waals surface area contributed by atoms with Crippen molar-refractivity contribution in [3.05, 3.63) is 101 Å². The van der Waals surface area contributed by atoms with E-state index in [9.17, 15) is 14.0 Å². The highest BCUT2D eigenvalue weighted by atomic mass is 19.1. The summed E-state index contributed by atoms with van der Waals surface area (Å²) in [6, 6.07) is 19.1. The van der Waals surface area contributed by atoms with E-state index in [1.165, 1.54) is 11.6 Å². The maximum absolute atomic E-state index is 13.7. The normalized spacial score (nSPS) is 12.9. The number of hydrogen-bond acceptors (Lipinski definition) is 3. The van der Waals surface area contributed by atoms with Gasteiger partial charge in [-0.25, -0.2) is 9.37 Å². The lowest BCUT2D eigenvalue weighted by molar-refractivity contribution is 0.0728. The fraction of sp³-hybridized carbons (Fsp3) is 0.174. The molecule has 1 N–H and O–H groups in total. The van der Waals surface area contributed by atoms with E-state index in [-0.39, 0.29) is 29.7 Å². The molecule has 5 nitrogen and oxygen atoms in total. The number of hydrogen-bond donors (Lipinski definition) is 1. The van der Waals surface area contributed by atoms with Crippen LogP contribution in [0.5, 0.6) is 0 Å². The summed E-state index contributed by atoms with van der Waals surface area (Å²) < 4.78 is 13.7. The van der Waals surface area contributed by atoms with Gasteiger partial charge in [-0.3, -0.25) is 9.59 Å². The molecule has 0 saturated heterocycles. The quantitative estimate of drug-likeness (QED) is 0.744. The van der Waals surface area contributed by atoms with Crippen molar-refractivity contribution in [2.45, 2.75) is 19.5 Å². The van der Waals surface area contributed by atoms with Crippen LogP contribution in [-0.2, 0) is 19.5 Å². The molecule has 1 aromatic heterocycles. The Bertz CT molecular complexity index is 1070. The van der Waals surface area contributed by atoms with Gasteiger partial charge in [-0.05, 0) is 35.7 Å². The largest absolute Gasteiger partial charge is 0.347 e. The highest BCUT2D eigenvalue weighted by molar-refractivity contribution is 5.96. The lowest BCUT2D eigenvalue weighted by Crippen LogP contribution is -2.36. The lowest BCUT2D eigenvalue weighted by atomic mass is 10.00. The molecule has 0 bridgehead atoms. The summed E-state index contributed by atoms with van der Waals surface area (Å²) in [5.41, 5.74) is 3.13. The van der Waals surface area contributed by atoms with E-state index in [0.29, 0.717) is 18.7 Å². The summed E-state index contributed by atoms with van der Waals surface area (Å²) in [4.78, 5) is 31.3. The Morgan fingerprint density at radius 2 is 1.66 bits per heavy atom. The molecule has 0 radical (unpaired) electrons. The molecule has 29 heavy (non-hydrogen) atoms. The zero-order valence-electron chi connectivity index (χ0n) is 15.8. The number of aromatic nitrogens is 1. The fourth-order valence-corrected chi connectivity index (χ4v) is 3.42. The first-order chi connectivity index (χ1) is 14.1. The number of nitrogens with one attached hydrogen (secondary N) is 1. The summed E-state index contributed by atoms with van der Waals surface area (Å²) in [5, 5.41) is 2.65. The van der Waals surface area contributed by atoms with E-state index in [2.05, 4.69) is 16.4 Å². The molecule has 4 rings (SSSR count). The number of fused-ring (bicyclic) bond motifs is 1. The van der Waals surface area contributed by atoms with Gasteiger partial charge in [-0.1, -0.05) is 48.5 Å². The van der Waals surface area contributed by atoms with E-state index in [4.69, 9.17) is 0 Å². The zero-order chi connectivity index (χ0) is 20.2. The monoisotopic (exact) mass is 389 g/mol. The number of benzene rings is 2. The predicted molar refractivity (Wildman–Crippen MR) is 107 cm³/mol. The fourth-order valence-electron chi connectivity index (χ4n) is 3.42. The van der Waals surface area contributed by atoms with Crippen LogP contribution in [0.1, 0.15) is 37.7 Å². The molecule has 0 atom stereocenters. The van der Waals surface area contributed by atoms with Crippen LogP contribution < -0.4 is 5.32 Å². The first-order valence-electron chi connectivity index (χ1n) is 9.46. The van der Waals surface area contributed by atoms with Crippen molar-refractivity contribution in [2.24, 2.45) is 0 Å². The van der Waals surface area contributed by atoms with Crippen molar-refractivity contribution in [2.75, 3.05) is 6.54 Å². The highest BCUT2D eigenvalue weighted by Crippen LogP contribution is 2.20. The third-order valence-electron chi connectivity index (χ3n) is 5.02. The Kier molecular flexibility index (Phi) is 5.33. The molecule has 2 amide bonds. The molecule has 6 heteroatoms. The van der Waals surface area contributed by atoms with Crippen LogP contribution in [-0.4, -0.2) is 28.2 Å². The third-order valence-corrected chi connectivity index (χ3v) is 5.02. The second-order valence-corrected chi connectivity index (χ2v) is 6.93. The zero-order valence-corrected chi connectivity index (χ0v) is 15.8. The average molecular weight is 389 g/mol. The molecule has 146 valence electrons. The van der Waals surface area contributed by atoms with Crippen molar-refractivity contribution in [1.29, 1.82) is 0 Å². The molecule has 0 aliphatic carbocycles. The van der Waals surface area contributed by atoms with Gasteiger partial charge in [0, 0.05) is 25.2 Å². The van der Waals surface area contributed by atoms with Gasteiger partial charge in [0.15, 0.2) is 0 Å². The molecule has 1 aliphatic heterocycles. The van der Waals surface area contributed by atoms with Gasteiger partial charge in [0.2, 0.25) is 0 Å². The van der Waals surface area contributed by atoms with E-state index in [1.807, 2.05) is 18.2 Å². The van der Waals surface area contributed by atoms with E-state index in [0.717, 1.165) is 12.0 Å². The van der Waals surface area contributed by atoms with Crippen LogP contribution in [0.3, 0.4) is 0 Å². The SMILES string of the molecule is O=C(NCc1ccccc1F)c1cccc(C(=O)N2CCc3ccccc3C2)n1. The minimum absolute atomic E-state index is 0.0499. The van der Waals surface area contributed by atoms with Crippen molar-refractivity contribution >= 4 is 11.8 Å². The molecule has 1 aliphatic rings. The number of halogens is 1. The van der Waals surface area contributed by atoms with Crippen molar-refractivity contribution < 1.29 is 14.0 Å². The van der Waals surface area contributed by atoms with Crippen molar-refractivity contribution in [1.82, 2.24) is 15.2 Å². The minimum atomic E-state index is -0.452. The summed E-state index contributed by atoms with van der Waals surface area (Å²) >= 11 is 0. The van der Waals surface area contributed by atoms with Crippen LogP contribution in [0.4, 0.5) is 4.39 Å². The van der Waals surface area contributed by atoms with Gasteiger partial charge in [-0.2, -0.15) is 0 Å². The topological polar surface area (TPSA) is 62.3 Å². The van der Waals surface area contributed by atoms with Crippen LogP contribution in [0.25, 0.3) is 0 Å². The number of carbonyl (C=O) groups is 2. The second-order valence-electron chi connectivity index (χ2n) is 6.93. The minimum Gasteiger partial charge on any atom is -0.347 e. The standard InChI is InChI=1S/C23H20FN3O2/c24-19-9-4-3-7-17(19)14-25-22(28)20-10-5-11-21(26-20)23(29)27-13-12-16-6-1-2-8-18(16)15-27/h1-11H,12-15H2,(H,25,28). The van der Waals surface area contributed by atoms with Gasteiger partial charge in [0.25, 0.3) is 11.8 Å². The third kappa shape index (κ3) is 4.16. The first kappa shape index (κ1) is 18.8. The van der Waals surface area contributed by atoms with Crippen LogP contribution in [0.2, 0.25) is 0 Å². The van der Waals surface area contributed by atoms with Gasteiger partial charge < -0.3 is 10.2 Å². The van der Waals surface area contributed by atoms with Crippen LogP contribution in [0.15, 0.2) is 66.7 Å². The molecular formula is C23H20FN3O2. The number of nitrogens with zero attached hydrogens (tertiary/aromatic N) is 2. The van der Waals surface area contributed by atoms with Crippen molar-refractivity contribution in [3.8, 4) is 0 Å². The number of carbonyl (C=O) groups excluding carboxylic acids is 2. The average Bonchev–Trinajstić information content (AvgIpc) is 2.77. The number of rotatable bonds is 4. The summed E-state index contributed by atoms with van der Waals surface area (Å²) in [7, 11) is 0. The van der Waals surface area contributed by atoms with E-state index in [1.54, 1.807) is 41.3 Å². The summed E-state index contributed by atoms with van der Waals surface area (Å²) in [6.07, 6.45) is 0.796. The van der Waals surface area contributed by atoms with Gasteiger partial charge in [-0.15, -0.1) is 0 Å². The van der Waals surface area contributed by atoms with Crippen molar-refractivity contribution in [3.63, 3.8) is 0 Å². The maximum atomic E-state index is 13.7. The Balaban J connectivity index is 1.45. The van der Waals surface area contributed by atoms with E-state index < -0.39 is 5.91 Å². The first-order valence-corrected chi connectivity index (χ1v) is 9.46. The maximum Gasteiger partial charge on any atom is 0.272 e. The van der Waals surface area contributed by atoms with Gasteiger partial charge >= 0.3 is 0 Å².